The van der Waals surface area contributed by atoms with E-state index in [9.17, 15) is 10.1 Å². The summed E-state index contributed by atoms with van der Waals surface area (Å²) in [5.41, 5.74) is 6.89. The van der Waals surface area contributed by atoms with Crippen LogP contribution in [0.25, 0.3) is 0 Å². The van der Waals surface area contributed by atoms with Crippen LogP contribution in [0.1, 0.15) is 17.4 Å². The van der Waals surface area contributed by atoms with Gasteiger partial charge in [-0.15, -0.1) is 0 Å². The zero-order chi connectivity index (χ0) is 19.9. The number of pyridine rings is 1. The van der Waals surface area contributed by atoms with Crippen molar-refractivity contribution in [2.24, 2.45) is 5.73 Å². The lowest BCUT2D eigenvalue weighted by Crippen LogP contribution is -2.23. The predicted octanol–water partition coefficient (Wildman–Crippen LogP) is 3.27. The van der Waals surface area contributed by atoms with Gasteiger partial charge in [0.2, 0.25) is 0 Å². The smallest absolute Gasteiger partial charge is 0.287 e. The molecule has 0 aliphatic rings. The molecule has 0 aliphatic heterocycles. The maximum atomic E-state index is 10.7. The molecule has 0 fully saturated rings. The Bertz CT molecular complexity index is 953. The van der Waals surface area contributed by atoms with Crippen molar-refractivity contribution in [3.05, 3.63) is 80.8 Å². The average molecular weight is 444 g/mol. The van der Waals surface area contributed by atoms with Crippen molar-refractivity contribution in [3.8, 4) is 0 Å². The van der Waals surface area contributed by atoms with Crippen LogP contribution in [0.2, 0.25) is 0 Å². The molecule has 28 heavy (non-hydrogen) atoms. The molecule has 1 atom stereocenters. The van der Waals surface area contributed by atoms with Gasteiger partial charge in [0.25, 0.3) is 5.69 Å². The van der Waals surface area contributed by atoms with Crippen molar-refractivity contribution in [2.45, 2.75) is 12.6 Å². The van der Waals surface area contributed by atoms with Crippen molar-refractivity contribution in [1.82, 2.24) is 15.0 Å². The van der Waals surface area contributed by atoms with E-state index < -0.39 is 4.92 Å². The highest BCUT2D eigenvalue weighted by Crippen LogP contribution is 2.18. The molecule has 0 saturated heterocycles. The van der Waals surface area contributed by atoms with Crippen LogP contribution >= 0.6 is 15.9 Å². The number of anilines is 2. The Morgan fingerprint density at radius 1 is 1.18 bits per heavy atom. The third kappa shape index (κ3) is 5.21. The molecule has 0 aliphatic carbocycles. The maximum absolute atomic E-state index is 10.7. The molecular weight excluding hydrogens is 426 g/mol. The van der Waals surface area contributed by atoms with Gasteiger partial charge in [-0.2, -0.15) is 0 Å². The number of nitrogens with one attached hydrogen (secondary N) is 2. The summed E-state index contributed by atoms with van der Waals surface area (Å²) in [5, 5.41) is 17.1. The van der Waals surface area contributed by atoms with Gasteiger partial charge >= 0.3 is 0 Å². The molecule has 3 rings (SSSR count). The Morgan fingerprint density at radius 2 is 2.04 bits per heavy atom. The second-order valence-corrected chi connectivity index (χ2v) is 6.79. The summed E-state index contributed by atoms with van der Waals surface area (Å²) >= 11 is 3.45. The van der Waals surface area contributed by atoms with Crippen LogP contribution in [0.3, 0.4) is 0 Å². The normalized spacial score (nSPS) is 11.6. The summed E-state index contributed by atoms with van der Waals surface area (Å²) in [7, 11) is 0. The van der Waals surface area contributed by atoms with Crippen LogP contribution in [0, 0.1) is 10.1 Å². The lowest BCUT2D eigenvalue weighted by molar-refractivity contribution is -0.385. The minimum absolute atomic E-state index is 0.0788. The molecule has 1 aromatic carbocycles. The number of nitro groups is 1. The van der Waals surface area contributed by atoms with E-state index in [4.69, 9.17) is 5.73 Å². The molecule has 2 heterocycles. The molecule has 0 bridgehead atoms. The van der Waals surface area contributed by atoms with Crippen LogP contribution in [0.4, 0.5) is 17.3 Å². The number of rotatable bonds is 8. The highest BCUT2D eigenvalue weighted by Gasteiger charge is 2.15. The van der Waals surface area contributed by atoms with Crippen LogP contribution in [0.5, 0.6) is 0 Å². The van der Waals surface area contributed by atoms with Crippen LogP contribution in [-0.4, -0.2) is 26.4 Å². The molecule has 0 amide bonds. The second kappa shape index (κ2) is 9.20. The zero-order valence-electron chi connectivity index (χ0n) is 14.7. The van der Waals surface area contributed by atoms with E-state index in [1.54, 1.807) is 12.3 Å². The van der Waals surface area contributed by atoms with E-state index in [0.29, 0.717) is 24.0 Å². The van der Waals surface area contributed by atoms with Gasteiger partial charge in [-0.05, 0) is 29.8 Å². The van der Waals surface area contributed by atoms with Gasteiger partial charge in [-0.3, -0.25) is 10.1 Å². The number of aromatic nitrogens is 3. The number of nitrogens with two attached hydrogens (primary N) is 1. The molecule has 4 N–H and O–H groups in total. The van der Waals surface area contributed by atoms with E-state index in [-0.39, 0.29) is 18.3 Å². The van der Waals surface area contributed by atoms with Gasteiger partial charge in [-0.1, -0.05) is 28.1 Å². The van der Waals surface area contributed by atoms with Crippen molar-refractivity contribution in [3.63, 3.8) is 0 Å². The number of nitrogens with zero attached hydrogens (tertiary/aromatic N) is 4. The van der Waals surface area contributed by atoms with Gasteiger partial charge in [0.1, 0.15) is 17.8 Å². The van der Waals surface area contributed by atoms with Crippen LogP contribution < -0.4 is 16.4 Å². The Hall–Kier alpha value is -3.11. The fourth-order valence-corrected chi connectivity index (χ4v) is 2.91. The van der Waals surface area contributed by atoms with Gasteiger partial charge in [0.15, 0.2) is 5.82 Å². The van der Waals surface area contributed by atoms with E-state index in [0.717, 1.165) is 10.0 Å². The molecular formula is C18H18BrN7O2. The fraction of sp³-hybridized carbons (Fsp3) is 0.167. The fourth-order valence-electron chi connectivity index (χ4n) is 2.47. The summed E-state index contributed by atoms with van der Waals surface area (Å²) in [6.45, 7) is 0.842. The Labute approximate surface area is 169 Å². The summed E-state index contributed by atoms with van der Waals surface area (Å²) in [6.07, 6.45) is 2.84. The van der Waals surface area contributed by atoms with Crippen molar-refractivity contribution >= 4 is 33.3 Å². The standard InChI is InChI=1S/C18H18BrN7O2/c19-13-3-1-2-12(8-13)10-22-17-6-7-21-18(25-17)15(9-20)24-16-5-4-14(11-23-16)26(27)28/h1-8,11,15H,9-10,20H2,(H,23,24)(H,21,22,25). The zero-order valence-corrected chi connectivity index (χ0v) is 16.3. The second-order valence-electron chi connectivity index (χ2n) is 5.87. The highest BCUT2D eigenvalue weighted by atomic mass is 79.9. The Kier molecular flexibility index (Phi) is 6.45. The third-order valence-electron chi connectivity index (χ3n) is 3.87. The molecule has 3 aromatic rings. The summed E-state index contributed by atoms with van der Waals surface area (Å²) in [4.78, 5) is 23.1. The first-order valence-corrected chi connectivity index (χ1v) is 9.23. The Balaban J connectivity index is 1.68. The van der Waals surface area contributed by atoms with E-state index in [2.05, 4.69) is 41.5 Å². The molecule has 0 radical (unpaired) electrons. The Morgan fingerprint density at radius 3 is 2.71 bits per heavy atom. The third-order valence-corrected chi connectivity index (χ3v) is 4.36. The minimum Gasteiger partial charge on any atom is -0.366 e. The van der Waals surface area contributed by atoms with Gasteiger partial charge in [-0.25, -0.2) is 15.0 Å². The van der Waals surface area contributed by atoms with E-state index >= 15 is 0 Å². The lowest BCUT2D eigenvalue weighted by Gasteiger charge is -2.17. The highest BCUT2D eigenvalue weighted by molar-refractivity contribution is 9.10. The molecule has 1 unspecified atom stereocenters. The number of hydrogen-bond acceptors (Lipinski definition) is 8. The van der Waals surface area contributed by atoms with Crippen LogP contribution in [0.15, 0.2) is 59.3 Å². The van der Waals surface area contributed by atoms with Gasteiger partial charge < -0.3 is 16.4 Å². The average Bonchev–Trinajstić information content (AvgIpc) is 2.71. The quantitative estimate of drug-likeness (QED) is 0.356. The molecule has 2 aromatic heterocycles. The van der Waals surface area contributed by atoms with Gasteiger partial charge in [0, 0.05) is 29.8 Å². The molecule has 144 valence electrons. The number of hydrogen-bond donors (Lipinski definition) is 3. The molecule has 0 saturated carbocycles. The molecule has 9 nitrogen and oxygen atoms in total. The van der Waals surface area contributed by atoms with Crippen molar-refractivity contribution < 1.29 is 4.92 Å². The lowest BCUT2D eigenvalue weighted by atomic mass is 10.2. The monoisotopic (exact) mass is 443 g/mol. The van der Waals surface area contributed by atoms with Crippen molar-refractivity contribution in [1.29, 1.82) is 0 Å². The van der Waals surface area contributed by atoms with Gasteiger partial charge in [0.05, 0.1) is 11.0 Å². The topological polar surface area (TPSA) is 132 Å². The molecule has 10 heteroatoms. The van der Waals surface area contributed by atoms with Crippen LogP contribution in [-0.2, 0) is 6.54 Å². The largest absolute Gasteiger partial charge is 0.366 e. The SMILES string of the molecule is NCC(Nc1ccc([N+](=O)[O-])cn1)c1nccc(NCc2cccc(Br)c2)n1. The van der Waals surface area contributed by atoms with Crippen molar-refractivity contribution in [2.75, 3.05) is 17.2 Å². The predicted molar refractivity (Wildman–Crippen MR) is 110 cm³/mol. The van der Waals surface area contributed by atoms with E-state index in [1.807, 2.05) is 24.3 Å². The minimum atomic E-state index is -0.499. The first-order valence-electron chi connectivity index (χ1n) is 8.43. The first-order chi connectivity index (χ1) is 13.5. The number of benzene rings is 1. The first kappa shape index (κ1) is 19.6. The summed E-state index contributed by atoms with van der Waals surface area (Å²) in [5.74, 6) is 1.63. The summed E-state index contributed by atoms with van der Waals surface area (Å²) in [6, 6.07) is 12.3. The van der Waals surface area contributed by atoms with E-state index in [1.165, 1.54) is 18.3 Å². The molecule has 0 spiro atoms. The summed E-state index contributed by atoms with van der Waals surface area (Å²) < 4.78 is 1.01. The number of halogens is 1. The maximum Gasteiger partial charge on any atom is 0.287 e.